The quantitative estimate of drug-likeness (QED) is 0.850. The highest BCUT2D eigenvalue weighted by Gasteiger charge is 2.32. The van der Waals surface area contributed by atoms with Crippen molar-refractivity contribution in [2.24, 2.45) is 5.41 Å². The molecule has 1 amide bonds. The second-order valence-electron chi connectivity index (χ2n) is 7.96. The van der Waals surface area contributed by atoms with Crippen molar-refractivity contribution in [3.63, 3.8) is 0 Å². The molecule has 0 aliphatic heterocycles. The summed E-state index contributed by atoms with van der Waals surface area (Å²) in [5.41, 5.74) is 5.70. The summed E-state index contributed by atoms with van der Waals surface area (Å²) in [6.07, 6.45) is 0. The third-order valence-corrected chi connectivity index (χ3v) is 4.50. The largest absolute Gasteiger partial charge is 0.480 e. The molecule has 138 valence electrons. The number of carboxylic acid groups (broad SMARTS) is 1. The van der Waals surface area contributed by atoms with Gasteiger partial charge in [0.25, 0.3) is 5.91 Å². The minimum absolute atomic E-state index is 0.378. The van der Waals surface area contributed by atoms with Gasteiger partial charge < -0.3 is 10.4 Å². The Bertz CT molecular complexity index is 806. The summed E-state index contributed by atoms with van der Waals surface area (Å²) in [5.74, 6) is -1.41. The molecule has 0 aliphatic rings. The van der Waals surface area contributed by atoms with E-state index in [-0.39, 0.29) is 5.91 Å². The molecule has 0 heterocycles. The Morgan fingerprint density at radius 1 is 0.962 bits per heavy atom. The number of hydrogen-bond donors (Lipinski definition) is 2. The van der Waals surface area contributed by atoms with Crippen molar-refractivity contribution in [2.75, 3.05) is 0 Å². The Hall–Kier alpha value is -2.62. The van der Waals surface area contributed by atoms with Gasteiger partial charge in [0.05, 0.1) is 0 Å². The van der Waals surface area contributed by atoms with E-state index in [2.05, 4.69) is 38.2 Å². The molecule has 2 aromatic carbocycles. The molecule has 4 heteroatoms. The average Bonchev–Trinajstić information content (AvgIpc) is 2.50. The van der Waals surface area contributed by atoms with Gasteiger partial charge in [0.15, 0.2) is 0 Å². The van der Waals surface area contributed by atoms with E-state index in [9.17, 15) is 14.7 Å². The van der Waals surface area contributed by atoms with Gasteiger partial charge in [-0.15, -0.1) is 0 Å². The molecular formula is C22H27NO3. The van der Waals surface area contributed by atoms with Gasteiger partial charge >= 0.3 is 5.97 Å². The van der Waals surface area contributed by atoms with Crippen LogP contribution >= 0.6 is 0 Å². The second-order valence-corrected chi connectivity index (χ2v) is 7.96. The zero-order valence-corrected chi connectivity index (χ0v) is 16.3. The van der Waals surface area contributed by atoms with E-state index in [0.29, 0.717) is 5.56 Å². The highest BCUT2D eigenvalue weighted by atomic mass is 16.4. The van der Waals surface area contributed by atoms with Crippen molar-refractivity contribution in [1.82, 2.24) is 5.32 Å². The molecule has 1 atom stereocenters. The lowest BCUT2D eigenvalue weighted by Gasteiger charge is -2.27. The lowest BCUT2D eigenvalue weighted by Crippen LogP contribution is -2.49. The van der Waals surface area contributed by atoms with Gasteiger partial charge in [0.2, 0.25) is 0 Å². The van der Waals surface area contributed by atoms with Gasteiger partial charge in [0.1, 0.15) is 6.04 Å². The number of nitrogens with one attached hydrogen (secondary N) is 1. The Labute approximate surface area is 155 Å². The molecule has 2 rings (SSSR count). The molecule has 0 bridgehead atoms. The fraction of sp³-hybridized carbons (Fsp3) is 0.364. The van der Waals surface area contributed by atoms with Crippen LogP contribution in [-0.4, -0.2) is 23.0 Å². The van der Waals surface area contributed by atoms with E-state index in [1.54, 1.807) is 32.9 Å². The Morgan fingerprint density at radius 2 is 1.46 bits per heavy atom. The molecule has 0 saturated heterocycles. The standard InChI is InChI=1S/C22H27NO3/c1-13-11-14(2)18(15(3)12-13)16-7-9-17(10-8-16)20(24)23-19(21(25)26)22(4,5)6/h7-12,19H,1-6H3,(H,23,24)(H,25,26). The maximum atomic E-state index is 12.5. The first-order valence-corrected chi connectivity index (χ1v) is 8.72. The van der Waals surface area contributed by atoms with Gasteiger partial charge in [-0.25, -0.2) is 4.79 Å². The lowest BCUT2D eigenvalue weighted by molar-refractivity contribution is -0.142. The van der Waals surface area contributed by atoms with Crippen molar-refractivity contribution in [3.05, 3.63) is 58.7 Å². The highest BCUT2D eigenvalue weighted by molar-refractivity contribution is 5.97. The minimum Gasteiger partial charge on any atom is -0.480 e. The number of amides is 1. The minimum atomic E-state index is -1.03. The summed E-state index contributed by atoms with van der Waals surface area (Å²) < 4.78 is 0. The normalized spacial score (nSPS) is 12.5. The molecule has 2 N–H and O–H groups in total. The molecule has 0 aromatic heterocycles. The third kappa shape index (κ3) is 4.31. The van der Waals surface area contributed by atoms with Gasteiger partial charge in [-0.1, -0.05) is 50.6 Å². The number of hydrogen-bond acceptors (Lipinski definition) is 2. The predicted molar refractivity (Wildman–Crippen MR) is 104 cm³/mol. The van der Waals surface area contributed by atoms with Crippen LogP contribution in [0, 0.1) is 26.2 Å². The number of carbonyl (C=O) groups excluding carboxylic acids is 1. The number of aliphatic carboxylic acids is 1. The summed E-state index contributed by atoms with van der Waals surface area (Å²) in [7, 11) is 0. The van der Waals surface area contributed by atoms with E-state index in [0.717, 1.165) is 5.56 Å². The van der Waals surface area contributed by atoms with Crippen LogP contribution in [0.4, 0.5) is 0 Å². The topological polar surface area (TPSA) is 66.4 Å². The zero-order chi connectivity index (χ0) is 19.6. The number of benzene rings is 2. The molecule has 0 fully saturated rings. The number of rotatable bonds is 4. The SMILES string of the molecule is Cc1cc(C)c(-c2ccc(C(=O)NC(C(=O)O)C(C)(C)C)cc2)c(C)c1. The Kier molecular flexibility index (Phi) is 5.55. The number of aryl methyl sites for hydroxylation is 3. The fourth-order valence-electron chi connectivity index (χ4n) is 3.29. The molecule has 4 nitrogen and oxygen atoms in total. The van der Waals surface area contributed by atoms with Crippen LogP contribution in [0.5, 0.6) is 0 Å². The van der Waals surface area contributed by atoms with E-state index in [1.165, 1.54) is 22.3 Å². The number of carboxylic acids is 1. The maximum Gasteiger partial charge on any atom is 0.326 e. The Morgan fingerprint density at radius 3 is 1.88 bits per heavy atom. The van der Waals surface area contributed by atoms with Crippen LogP contribution in [0.2, 0.25) is 0 Å². The molecule has 1 unspecified atom stereocenters. The monoisotopic (exact) mass is 353 g/mol. The molecule has 0 saturated carbocycles. The second kappa shape index (κ2) is 7.32. The Balaban J connectivity index is 2.27. The summed E-state index contributed by atoms with van der Waals surface area (Å²) in [4.78, 5) is 23.9. The molecule has 26 heavy (non-hydrogen) atoms. The molecule has 0 radical (unpaired) electrons. The maximum absolute atomic E-state index is 12.5. The fourth-order valence-corrected chi connectivity index (χ4v) is 3.29. The number of carbonyl (C=O) groups is 2. The van der Waals surface area contributed by atoms with Crippen LogP contribution < -0.4 is 5.32 Å². The van der Waals surface area contributed by atoms with Crippen molar-refractivity contribution in [2.45, 2.75) is 47.6 Å². The highest BCUT2D eigenvalue weighted by Crippen LogP contribution is 2.28. The van der Waals surface area contributed by atoms with E-state index in [1.807, 2.05) is 12.1 Å². The first-order valence-electron chi connectivity index (χ1n) is 8.72. The van der Waals surface area contributed by atoms with E-state index in [4.69, 9.17) is 0 Å². The first-order chi connectivity index (χ1) is 12.0. The van der Waals surface area contributed by atoms with Gasteiger partial charge in [0, 0.05) is 5.56 Å². The molecule has 2 aromatic rings. The van der Waals surface area contributed by atoms with Crippen molar-refractivity contribution in [3.8, 4) is 11.1 Å². The molecule has 0 aliphatic carbocycles. The van der Waals surface area contributed by atoms with Crippen LogP contribution in [0.1, 0.15) is 47.8 Å². The van der Waals surface area contributed by atoms with Crippen LogP contribution in [0.15, 0.2) is 36.4 Å². The van der Waals surface area contributed by atoms with Crippen molar-refractivity contribution in [1.29, 1.82) is 0 Å². The van der Waals surface area contributed by atoms with Crippen LogP contribution in [0.3, 0.4) is 0 Å². The molecular weight excluding hydrogens is 326 g/mol. The smallest absolute Gasteiger partial charge is 0.326 e. The summed E-state index contributed by atoms with van der Waals surface area (Å²) in [6, 6.07) is 10.6. The van der Waals surface area contributed by atoms with Crippen LogP contribution in [0.25, 0.3) is 11.1 Å². The van der Waals surface area contributed by atoms with Crippen molar-refractivity contribution >= 4 is 11.9 Å². The van der Waals surface area contributed by atoms with Crippen LogP contribution in [-0.2, 0) is 4.79 Å². The van der Waals surface area contributed by atoms with Gasteiger partial charge in [-0.3, -0.25) is 4.79 Å². The van der Waals surface area contributed by atoms with Gasteiger partial charge in [-0.05, 0) is 60.6 Å². The van der Waals surface area contributed by atoms with Crippen molar-refractivity contribution < 1.29 is 14.7 Å². The zero-order valence-electron chi connectivity index (χ0n) is 16.3. The van der Waals surface area contributed by atoms with E-state index >= 15 is 0 Å². The predicted octanol–water partition coefficient (Wildman–Crippen LogP) is 4.51. The third-order valence-electron chi connectivity index (χ3n) is 4.50. The first kappa shape index (κ1) is 19.7. The summed E-state index contributed by atoms with van der Waals surface area (Å²) >= 11 is 0. The average molecular weight is 353 g/mol. The summed E-state index contributed by atoms with van der Waals surface area (Å²) in [6.45, 7) is 11.6. The lowest BCUT2D eigenvalue weighted by atomic mass is 9.86. The van der Waals surface area contributed by atoms with E-state index < -0.39 is 17.4 Å². The van der Waals surface area contributed by atoms with Gasteiger partial charge in [-0.2, -0.15) is 0 Å². The summed E-state index contributed by atoms with van der Waals surface area (Å²) in [5, 5.41) is 12.0. The molecule has 0 spiro atoms.